The summed E-state index contributed by atoms with van der Waals surface area (Å²) in [5.74, 6) is -3.38. The van der Waals surface area contributed by atoms with E-state index in [-0.39, 0.29) is 12.2 Å². The minimum Gasteiger partial charge on any atom is -0.468 e. The molecule has 0 aliphatic carbocycles. The zero-order valence-corrected chi connectivity index (χ0v) is 28.7. The van der Waals surface area contributed by atoms with Crippen molar-refractivity contribution < 1.29 is 46.2 Å². The molecule has 2 rings (SSSR count). The first-order chi connectivity index (χ1) is 21.7. The summed E-state index contributed by atoms with van der Waals surface area (Å²) in [5, 5.41) is 6.30. The minimum absolute atomic E-state index is 0.173. The molecule has 0 radical (unpaired) electrons. The summed E-state index contributed by atoms with van der Waals surface area (Å²) in [6, 6.07) is 8.20. The van der Waals surface area contributed by atoms with E-state index in [0.717, 1.165) is 23.9 Å². The summed E-state index contributed by atoms with van der Waals surface area (Å²) < 4.78 is 59.3. The van der Waals surface area contributed by atoms with Crippen LogP contribution in [0.15, 0.2) is 47.4 Å². The number of rotatable bonds is 13. The van der Waals surface area contributed by atoms with Crippen LogP contribution in [0, 0.1) is 5.92 Å². The van der Waals surface area contributed by atoms with Crippen LogP contribution in [-0.2, 0) is 36.6 Å². The van der Waals surface area contributed by atoms with E-state index in [0.29, 0.717) is 5.56 Å². The van der Waals surface area contributed by atoms with Crippen molar-refractivity contribution in [3.63, 3.8) is 0 Å². The lowest BCUT2D eigenvalue weighted by Gasteiger charge is -2.42. The summed E-state index contributed by atoms with van der Waals surface area (Å²) in [6.45, 7) is 10.3. The van der Waals surface area contributed by atoms with Crippen LogP contribution in [0.5, 0.6) is 0 Å². The van der Waals surface area contributed by atoms with Crippen LogP contribution in [0.2, 0.25) is 18.1 Å². The number of hydrogen-bond acceptors (Lipinski definition) is 8. The van der Waals surface area contributed by atoms with Gasteiger partial charge in [-0.25, -0.2) is 4.79 Å². The number of nitrogens with one attached hydrogen (secondary N) is 3. The highest BCUT2D eigenvalue weighted by atomic mass is 28.4. The van der Waals surface area contributed by atoms with Crippen LogP contribution < -0.4 is 21.5 Å². The Kier molecular flexibility index (Phi) is 13.3. The van der Waals surface area contributed by atoms with Crippen molar-refractivity contribution in [3.8, 4) is 0 Å². The van der Waals surface area contributed by atoms with Gasteiger partial charge < -0.3 is 29.1 Å². The fourth-order valence-electron chi connectivity index (χ4n) is 4.01. The van der Waals surface area contributed by atoms with Crippen molar-refractivity contribution in [3.05, 3.63) is 64.1 Å². The van der Waals surface area contributed by atoms with Crippen LogP contribution in [0.25, 0.3) is 0 Å². The number of aromatic nitrogens is 1. The summed E-state index contributed by atoms with van der Waals surface area (Å²) in [5.41, 5.74) is -1.36. The van der Waals surface area contributed by atoms with E-state index < -0.39 is 85.8 Å². The van der Waals surface area contributed by atoms with Crippen molar-refractivity contribution >= 4 is 37.9 Å². The van der Waals surface area contributed by atoms with Gasteiger partial charge in [0.1, 0.15) is 25.4 Å². The van der Waals surface area contributed by atoms with Gasteiger partial charge in [0.05, 0.1) is 18.7 Å². The lowest BCUT2D eigenvalue weighted by molar-refractivity contribution is -0.210. The second-order valence-electron chi connectivity index (χ2n) is 12.7. The van der Waals surface area contributed by atoms with Gasteiger partial charge in [-0.05, 0) is 35.7 Å². The standard InChI is InChI=1S/C31H43F3N4O8Si/c1-19(2)24(26(31(32,33)34)46-47(7,8)30(3,4)5)36-22(39)17-38-15-14-21(27(41)35-16-23(40)44-6)25(28(38)42)37-29(43)45-18-20-12-10-9-11-13-20/h9-15,19,24,26H,16-18H2,1-8H3,(H,35,41)(H,36,39)(H,37,43). The maximum atomic E-state index is 14.4. The van der Waals surface area contributed by atoms with Crippen LogP contribution in [-0.4, -0.2) is 68.7 Å². The Morgan fingerprint density at radius 2 is 1.62 bits per heavy atom. The highest BCUT2D eigenvalue weighted by Crippen LogP contribution is 2.41. The van der Waals surface area contributed by atoms with E-state index in [9.17, 15) is 37.1 Å². The SMILES string of the molecule is COC(=O)CNC(=O)c1ccn(CC(=O)NC(C(C)C)C(O[Si](C)(C)C(C)(C)C)C(F)(F)F)c(=O)c1NC(=O)OCc1ccccc1. The smallest absolute Gasteiger partial charge is 0.415 e. The molecule has 47 heavy (non-hydrogen) atoms. The Labute approximate surface area is 272 Å². The summed E-state index contributed by atoms with van der Waals surface area (Å²) in [7, 11) is -1.84. The van der Waals surface area contributed by atoms with Gasteiger partial charge in [-0.3, -0.25) is 24.5 Å². The number of benzene rings is 1. The van der Waals surface area contributed by atoms with E-state index in [4.69, 9.17) is 9.16 Å². The van der Waals surface area contributed by atoms with Crippen molar-refractivity contribution in [1.29, 1.82) is 0 Å². The molecule has 2 aromatic rings. The number of esters is 1. The molecule has 1 heterocycles. The highest BCUT2D eigenvalue weighted by Gasteiger charge is 2.52. The quantitative estimate of drug-likeness (QED) is 0.205. The van der Waals surface area contributed by atoms with Gasteiger partial charge in [0, 0.05) is 6.20 Å². The third kappa shape index (κ3) is 11.2. The first-order valence-electron chi connectivity index (χ1n) is 14.8. The number of nitrogens with zero attached hydrogens (tertiary/aromatic N) is 1. The molecule has 0 aliphatic heterocycles. The summed E-state index contributed by atoms with van der Waals surface area (Å²) in [4.78, 5) is 63.7. The fraction of sp³-hybridized carbons (Fsp3) is 0.516. The summed E-state index contributed by atoms with van der Waals surface area (Å²) >= 11 is 0. The lowest BCUT2D eigenvalue weighted by atomic mass is 9.98. The Hall–Kier alpha value is -4.18. The largest absolute Gasteiger partial charge is 0.468 e. The molecule has 0 fully saturated rings. The number of halogens is 3. The second-order valence-corrected chi connectivity index (χ2v) is 17.4. The first kappa shape index (κ1) is 39.0. The molecule has 0 spiro atoms. The Morgan fingerprint density at radius 1 is 1.00 bits per heavy atom. The number of carbonyl (C=O) groups is 4. The molecular weight excluding hydrogens is 641 g/mol. The maximum absolute atomic E-state index is 14.4. The molecule has 0 aliphatic rings. The number of methoxy groups -OCH3 is 1. The van der Waals surface area contributed by atoms with E-state index in [1.165, 1.54) is 13.8 Å². The van der Waals surface area contributed by atoms with Gasteiger partial charge in [-0.15, -0.1) is 0 Å². The molecule has 2 unspecified atom stereocenters. The van der Waals surface area contributed by atoms with E-state index in [1.807, 2.05) is 0 Å². The molecule has 260 valence electrons. The van der Waals surface area contributed by atoms with Gasteiger partial charge in [0.15, 0.2) is 14.4 Å². The Morgan fingerprint density at radius 3 is 2.15 bits per heavy atom. The number of amides is 3. The Balaban J connectivity index is 2.39. The number of carbonyl (C=O) groups excluding carboxylic acids is 4. The molecule has 3 N–H and O–H groups in total. The van der Waals surface area contributed by atoms with Gasteiger partial charge in [-0.2, -0.15) is 13.2 Å². The van der Waals surface area contributed by atoms with Crippen molar-refractivity contribution in [2.45, 2.75) is 84.2 Å². The Bertz CT molecular complexity index is 1470. The molecule has 3 amide bonds. The second kappa shape index (κ2) is 16.1. The first-order valence-corrected chi connectivity index (χ1v) is 17.7. The maximum Gasteiger partial charge on any atom is 0.415 e. The van der Waals surface area contributed by atoms with Crippen LogP contribution in [0.4, 0.5) is 23.7 Å². The third-order valence-corrected chi connectivity index (χ3v) is 12.2. The zero-order valence-electron chi connectivity index (χ0n) is 27.7. The van der Waals surface area contributed by atoms with Crippen LogP contribution >= 0.6 is 0 Å². The van der Waals surface area contributed by atoms with Gasteiger partial charge in [0.25, 0.3) is 11.5 Å². The molecule has 12 nitrogen and oxygen atoms in total. The zero-order chi connectivity index (χ0) is 35.7. The number of alkyl halides is 3. The molecule has 16 heteroatoms. The number of ether oxygens (including phenoxy) is 2. The highest BCUT2D eigenvalue weighted by molar-refractivity contribution is 6.74. The van der Waals surface area contributed by atoms with Crippen molar-refractivity contribution in [2.24, 2.45) is 5.92 Å². The average molecular weight is 685 g/mol. The van der Waals surface area contributed by atoms with Crippen LogP contribution in [0.3, 0.4) is 0 Å². The monoisotopic (exact) mass is 684 g/mol. The predicted molar refractivity (Wildman–Crippen MR) is 170 cm³/mol. The fourth-order valence-corrected chi connectivity index (χ4v) is 5.27. The third-order valence-electron chi connectivity index (χ3n) is 7.71. The van der Waals surface area contributed by atoms with E-state index >= 15 is 0 Å². The molecule has 2 atom stereocenters. The lowest BCUT2D eigenvalue weighted by Crippen LogP contribution is -2.59. The number of hydrogen-bond donors (Lipinski definition) is 3. The van der Waals surface area contributed by atoms with Crippen LogP contribution in [0.1, 0.15) is 50.5 Å². The predicted octanol–water partition coefficient (Wildman–Crippen LogP) is 4.59. The van der Waals surface area contributed by atoms with Crippen molar-refractivity contribution in [2.75, 3.05) is 19.0 Å². The number of anilines is 1. The minimum atomic E-state index is -4.81. The molecule has 1 aromatic heterocycles. The van der Waals surface area contributed by atoms with Gasteiger partial charge >= 0.3 is 18.2 Å². The van der Waals surface area contributed by atoms with Gasteiger partial charge in [-0.1, -0.05) is 65.0 Å². The molecule has 0 bridgehead atoms. The normalized spacial score (nSPS) is 13.4. The topological polar surface area (TPSA) is 154 Å². The summed E-state index contributed by atoms with van der Waals surface area (Å²) in [6.07, 6.45) is -7.18. The van der Waals surface area contributed by atoms with E-state index in [1.54, 1.807) is 64.2 Å². The molecular formula is C31H43F3N4O8Si. The van der Waals surface area contributed by atoms with Gasteiger partial charge in [0.2, 0.25) is 5.91 Å². The van der Waals surface area contributed by atoms with Crippen molar-refractivity contribution in [1.82, 2.24) is 15.2 Å². The molecule has 0 saturated heterocycles. The average Bonchev–Trinajstić information content (AvgIpc) is 2.97. The molecule has 1 aromatic carbocycles. The van der Waals surface area contributed by atoms with E-state index in [2.05, 4.69) is 20.7 Å². The molecule has 0 saturated carbocycles. The number of pyridine rings is 1.